The molecule has 0 N–H and O–H groups in total. The number of rotatable bonds is 7. The average molecular weight is 384 g/mol. The summed E-state index contributed by atoms with van der Waals surface area (Å²) in [5, 5.41) is 0. The summed E-state index contributed by atoms with van der Waals surface area (Å²) in [5.41, 5.74) is 2.23. The van der Waals surface area contributed by atoms with Gasteiger partial charge >= 0.3 is 5.97 Å². The molecule has 3 aromatic carbocycles. The Morgan fingerprint density at radius 1 is 0.724 bits per heavy atom. The molecule has 4 nitrogen and oxygen atoms in total. The van der Waals surface area contributed by atoms with E-state index in [0.717, 1.165) is 11.1 Å². The molecule has 0 heterocycles. The lowest BCUT2D eigenvalue weighted by Gasteiger charge is -2.03. The molecule has 0 fully saturated rings. The number of allylic oxidation sites excluding steroid dienone is 1. The first-order valence-corrected chi connectivity index (χ1v) is 9.05. The quantitative estimate of drug-likeness (QED) is 0.243. The van der Waals surface area contributed by atoms with Gasteiger partial charge in [0.15, 0.2) is 5.78 Å². The van der Waals surface area contributed by atoms with Gasteiger partial charge in [-0.05, 0) is 59.7 Å². The zero-order chi connectivity index (χ0) is 20.5. The SMILES string of the molecule is COc1ccc(C(=O)C=Cc2cccc(OC(=O)C=Cc3ccccc3)c2)cc1. The van der Waals surface area contributed by atoms with E-state index in [-0.39, 0.29) is 5.78 Å². The summed E-state index contributed by atoms with van der Waals surface area (Å²) in [6.07, 6.45) is 6.24. The van der Waals surface area contributed by atoms with E-state index in [1.54, 1.807) is 61.7 Å². The summed E-state index contributed by atoms with van der Waals surface area (Å²) in [6.45, 7) is 0. The fraction of sp³-hybridized carbons (Fsp3) is 0.0400. The molecule has 29 heavy (non-hydrogen) atoms. The average Bonchev–Trinajstić information content (AvgIpc) is 2.77. The van der Waals surface area contributed by atoms with Crippen LogP contribution in [0.4, 0.5) is 0 Å². The highest BCUT2D eigenvalue weighted by atomic mass is 16.5. The van der Waals surface area contributed by atoms with Crippen LogP contribution in [0.25, 0.3) is 12.2 Å². The van der Waals surface area contributed by atoms with Gasteiger partial charge in [-0.2, -0.15) is 0 Å². The normalized spacial score (nSPS) is 10.9. The van der Waals surface area contributed by atoms with Gasteiger partial charge in [-0.25, -0.2) is 4.79 Å². The van der Waals surface area contributed by atoms with Crippen molar-refractivity contribution in [3.63, 3.8) is 0 Å². The van der Waals surface area contributed by atoms with Crippen molar-refractivity contribution in [3.8, 4) is 11.5 Å². The van der Waals surface area contributed by atoms with Crippen LogP contribution in [0.3, 0.4) is 0 Å². The van der Waals surface area contributed by atoms with Gasteiger partial charge in [0.1, 0.15) is 11.5 Å². The Balaban J connectivity index is 1.62. The molecular weight excluding hydrogens is 364 g/mol. The van der Waals surface area contributed by atoms with Crippen LogP contribution in [0, 0.1) is 0 Å². The highest BCUT2D eigenvalue weighted by Crippen LogP contribution is 2.16. The summed E-state index contributed by atoms with van der Waals surface area (Å²) >= 11 is 0. The smallest absolute Gasteiger partial charge is 0.336 e. The van der Waals surface area contributed by atoms with E-state index in [1.165, 1.54) is 12.2 Å². The van der Waals surface area contributed by atoms with Crippen molar-refractivity contribution in [1.29, 1.82) is 0 Å². The molecule has 0 saturated heterocycles. The van der Waals surface area contributed by atoms with Crippen molar-refractivity contribution in [2.45, 2.75) is 0 Å². The molecule has 0 aliphatic rings. The standard InChI is InChI=1S/C25H20O4/c1-28-22-14-12-21(13-15-22)24(26)16-10-20-8-5-9-23(18-20)29-25(27)17-11-19-6-3-2-4-7-19/h2-18H,1H3. The minimum absolute atomic E-state index is 0.124. The number of hydrogen-bond donors (Lipinski definition) is 0. The molecule has 3 rings (SSSR count). The Hall–Kier alpha value is -3.92. The van der Waals surface area contributed by atoms with Crippen molar-refractivity contribution in [3.05, 3.63) is 108 Å². The fourth-order valence-corrected chi connectivity index (χ4v) is 2.58. The Kier molecular flexibility index (Phi) is 6.74. The molecule has 0 amide bonds. The van der Waals surface area contributed by atoms with E-state index < -0.39 is 5.97 Å². The Bertz CT molecular complexity index is 1030. The van der Waals surface area contributed by atoms with E-state index in [4.69, 9.17) is 9.47 Å². The third-order valence-corrected chi connectivity index (χ3v) is 4.09. The van der Waals surface area contributed by atoms with Crippen molar-refractivity contribution < 1.29 is 19.1 Å². The number of methoxy groups -OCH3 is 1. The van der Waals surface area contributed by atoms with Gasteiger partial charge in [-0.3, -0.25) is 4.79 Å². The third-order valence-electron chi connectivity index (χ3n) is 4.09. The summed E-state index contributed by atoms with van der Waals surface area (Å²) in [5.74, 6) is 0.512. The lowest BCUT2D eigenvalue weighted by atomic mass is 10.1. The predicted octanol–water partition coefficient (Wildman–Crippen LogP) is 5.21. The molecule has 3 aromatic rings. The van der Waals surface area contributed by atoms with Crippen LogP contribution in [0.2, 0.25) is 0 Å². The topological polar surface area (TPSA) is 52.6 Å². The van der Waals surface area contributed by atoms with E-state index in [2.05, 4.69) is 0 Å². The summed E-state index contributed by atoms with van der Waals surface area (Å²) in [4.78, 5) is 24.3. The zero-order valence-corrected chi connectivity index (χ0v) is 15.9. The van der Waals surface area contributed by atoms with E-state index in [0.29, 0.717) is 17.1 Å². The molecule has 0 saturated carbocycles. The number of benzene rings is 3. The molecule has 4 heteroatoms. The predicted molar refractivity (Wildman–Crippen MR) is 114 cm³/mol. The van der Waals surface area contributed by atoms with Crippen LogP contribution in [0.1, 0.15) is 21.5 Å². The first-order chi connectivity index (χ1) is 14.1. The van der Waals surface area contributed by atoms with Crippen LogP contribution < -0.4 is 9.47 Å². The van der Waals surface area contributed by atoms with Crippen LogP contribution in [0.15, 0.2) is 91.0 Å². The number of carbonyl (C=O) groups is 2. The van der Waals surface area contributed by atoms with E-state index in [9.17, 15) is 9.59 Å². The highest BCUT2D eigenvalue weighted by Gasteiger charge is 2.03. The maximum Gasteiger partial charge on any atom is 0.336 e. The monoisotopic (exact) mass is 384 g/mol. The first-order valence-electron chi connectivity index (χ1n) is 9.05. The Labute approximate surface area is 169 Å². The summed E-state index contributed by atoms with van der Waals surface area (Å²) in [7, 11) is 1.58. The van der Waals surface area contributed by atoms with Crippen molar-refractivity contribution in [1.82, 2.24) is 0 Å². The fourth-order valence-electron chi connectivity index (χ4n) is 2.58. The largest absolute Gasteiger partial charge is 0.497 e. The number of ketones is 1. The van der Waals surface area contributed by atoms with Crippen LogP contribution in [-0.2, 0) is 4.79 Å². The number of carbonyl (C=O) groups excluding carboxylic acids is 2. The highest BCUT2D eigenvalue weighted by molar-refractivity contribution is 6.06. The lowest BCUT2D eigenvalue weighted by Crippen LogP contribution is -2.03. The van der Waals surface area contributed by atoms with Crippen LogP contribution in [0.5, 0.6) is 11.5 Å². The second-order valence-corrected chi connectivity index (χ2v) is 6.16. The molecule has 0 aromatic heterocycles. The summed E-state index contributed by atoms with van der Waals surface area (Å²) < 4.78 is 10.4. The van der Waals surface area contributed by atoms with Gasteiger partial charge in [-0.1, -0.05) is 48.5 Å². The maximum atomic E-state index is 12.3. The van der Waals surface area contributed by atoms with Crippen molar-refractivity contribution in [2.75, 3.05) is 7.11 Å². The number of esters is 1. The number of hydrogen-bond acceptors (Lipinski definition) is 4. The Morgan fingerprint density at radius 3 is 2.14 bits per heavy atom. The van der Waals surface area contributed by atoms with Crippen molar-refractivity contribution >= 4 is 23.9 Å². The van der Waals surface area contributed by atoms with Gasteiger partial charge in [0, 0.05) is 11.6 Å². The molecule has 0 aliphatic heterocycles. The third kappa shape index (κ3) is 6.04. The minimum Gasteiger partial charge on any atom is -0.497 e. The van der Waals surface area contributed by atoms with Crippen molar-refractivity contribution in [2.24, 2.45) is 0 Å². The van der Waals surface area contributed by atoms with Gasteiger partial charge in [-0.15, -0.1) is 0 Å². The van der Waals surface area contributed by atoms with Crippen LogP contribution in [-0.4, -0.2) is 18.9 Å². The maximum absolute atomic E-state index is 12.3. The second kappa shape index (κ2) is 9.85. The molecule has 0 aliphatic carbocycles. The molecular formula is C25H20O4. The first kappa shape index (κ1) is 19.8. The van der Waals surface area contributed by atoms with Crippen LogP contribution >= 0.6 is 0 Å². The molecule has 0 unspecified atom stereocenters. The zero-order valence-electron chi connectivity index (χ0n) is 15.9. The number of ether oxygens (including phenoxy) is 2. The molecule has 144 valence electrons. The van der Waals surface area contributed by atoms with E-state index >= 15 is 0 Å². The molecule has 0 spiro atoms. The molecule has 0 radical (unpaired) electrons. The van der Waals surface area contributed by atoms with E-state index in [1.807, 2.05) is 36.4 Å². The van der Waals surface area contributed by atoms with Gasteiger partial charge in [0.2, 0.25) is 0 Å². The molecule has 0 bridgehead atoms. The minimum atomic E-state index is -0.468. The molecule has 0 atom stereocenters. The summed E-state index contributed by atoms with van der Waals surface area (Å²) in [6, 6.07) is 23.4. The second-order valence-electron chi connectivity index (χ2n) is 6.16. The van der Waals surface area contributed by atoms with Gasteiger partial charge in [0.05, 0.1) is 7.11 Å². The lowest BCUT2D eigenvalue weighted by molar-refractivity contribution is -0.128. The Morgan fingerprint density at radius 2 is 1.41 bits per heavy atom. The van der Waals surface area contributed by atoms with Gasteiger partial charge in [0.25, 0.3) is 0 Å². The van der Waals surface area contributed by atoms with Gasteiger partial charge < -0.3 is 9.47 Å².